The molecule has 0 atom stereocenters. The van der Waals surface area contributed by atoms with E-state index in [2.05, 4.69) is 15.6 Å². The van der Waals surface area contributed by atoms with Crippen molar-refractivity contribution in [3.63, 3.8) is 0 Å². The summed E-state index contributed by atoms with van der Waals surface area (Å²) in [6.07, 6.45) is 6.74. The minimum atomic E-state index is -0.277. The maximum atomic E-state index is 12.1. The van der Waals surface area contributed by atoms with Crippen molar-refractivity contribution in [2.24, 2.45) is 0 Å². The lowest BCUT2D eigenvalue weighted by Crippen LogP contribution is -2.28. The van der Waals surface area contributed by atoms with Crippen LogP contribution in [-0.2, 0) is 6.54 Å². The Morgan fingerprint density at radius 1 is 1.19 bits per heavy atom. The molecule has 6 nitrogen and oxygen atoms in total. The number of aromatic nitrogens is 1. The average Bonchev–Trinajstić information content (AvgIpc) is 3.16. The second-order valence-electron chi connectivity index (χ2n) is 6.26. The van der Waals surface area contributed by atoms with Crippen LogP contribution in [0.3, 0.4) is 0 Å². The Kier molecular flexibility index (Phi) is 6.30. The van der Waals surface area contributed by atoms with Gasteiger partial charge in [0.2, 0.25) is 5.88 Å². The Hall–Kier alpha value is -2.76. The van der Waals surface area contributed by atoms with Crippen molar-refractivity contribution >= 4 is 11.7 Å². The van der Waals surface area contributed by atoms with Gasteiger partial charge in [0.15, 0.2) is 0 Å². The predicted molar refractivity (Wildman–Crippen MR) is 101 cm³/mol. The Morgan fingerprint density at radius 2 is 1.96 bits per heavy atom. The first-order chi connectivity index (χ1) is 12.7. The van der Waals surface area contributed by atoms with Gasteiger partial charge >= 0.3 is 6.03 Å². The van der Waals surface area contributed by atoms with Gasteiger partial charge in [-0.2, -0.15) is 0 Å². The quantitative estimate of drug-likeness (QED) is 0.783. The molecule has 0 unspecified atom stereocenters. The highest BCUT2D eigenvalue weighted by Crippen LogP contribution is 2.25. The number of urea groups is 1. The number of rotatable bonds is 7. The van der Waals surface area contributed by atoms with Crippen LogP contribution in [-0.4, -0.2) is 23.7 Å². The maximum absolute atomic E-state index is 12.1. The molecule has 0 radical (unpaired) electrons. The van der Waals surface area contributed by atoms with Crippen LogP contribution in [0.25, 0.3) is 0 Å². The number of benzene rings is 1. The molecule has 1 aromatic heterocycles. The van der Waals surface area contributed by atoms with Gasteiger partial charge in [-0.05, 0) is 62.9 Å². The largest absolute Gasteiger partial charge is 0.490 e. The average molecular weight is 355 g/mol. The van der Waals surface area contributed by atoms with Gasteiger partial charge < -0.3 is 20.1 Å². The maximum Gasteiger partial charge on any atom is 0.319 e. The van der Waals surface area contributed by atoms with Gasteiger partial charge in [-0.15, -0.1) is 0 Å². The summed E-state index contributed by atoms with van der Waals surface area (Å²) in [4.78, 5) is 16.3. The number of carbonyl (C=O) groups is 1. The molecule has 6 heteroatoms. The Morgan fingerprint density at radius 3 is 2.69 bits per heavy atom. The molecule has 1 heterocycles. The van der Waals surface area contributed by atoms with Crippen LogP contribution >= 0.6 is 0 Å². The van der Waals surface area contributed by atoms with E-state index < -0.39 is 0 Å². The van der Waals surface area contributed by atoms with Crippen molar-refractivity contribution in [3.8, 4) is 11.6 Å². The number of amides is 2. The zero-order chi connectivity index (χ0) is 18.2. The molecule has 0 spiro atoms. The van der Waals surface area contributed by atoms with Crippen LogP contribution in [0.15, 0.2) is 42.6 Å². The Balaban J connectivity index is 1.48. The first-order valence-corrected chi connectivity index (χ1v) is 9.13. The third kappa shape index (κ3) is 5.12. The highest BCUT2D eigenvalue weighted by Gasteiger charge is 2.16. The van der Waals surface area contributed by atoms with Gasteiger partial charge in [-0.25, -0.2) is 9.78 Å². The van der Waals surface area contributed by atoms with Gasteiger partial charge in [0.25, 0.3) is 0 Å². The van der Waals surface area contributed by atoms with Gasteiger partial charge in [0.1, 0.15) is 5.75 Å². The second-order valence-corrected chi connectivity index (χ2v) is 6.26. The highest BCUT2D eigenvalue weighted by atomic mass is 16.5. The first kappa shape index (κ1) is 18.0. The van der Waals surface area contributed by atoms with E-state index in [9.17, 15) is 4.79 Å². The summed E-state index contributed by atoms with van der Waals surface area (Å²) in [7, 11) is 0. The van der Waals surface area contributed by atoms with Gasteiger partial charge in [0.05, 0.1) is 12.7 Å². The molecule has 26 heavy (non-hydrogen) atoms. The van der Waals surface area contributed by atoms with E-state index in [0.29, 0.717) is 25.1 Å². The number of nitrogens with zero attached hydrogens (tertiary/aromatic N) is 1. The zero-order valence-electron chi connectivity index (χ0n) is 15.0. The topological polar surface area (TPSA) is 72.5 Å². The number of hydrogen-bond acceptors (Lipinski definition) is 4. The van der Waals surface area contributed by atoms with Crippen LogP contribution in [0.5, 0.6) is 11.6 Å². The van der Waals surface area contributed by atoms with Crippen molar-refractivity contribution in [3.05, 3.63) is 48.2 Å². The monoisotopic (exact) mass is 355 g/mol. The van der Waals surface area contributed by atoms with Crippen LogP contribution in [0.4, 0.5) is 10.5 Å². The van der Waals surface area contributed by atoms with E-state index >= 15 is 0 Å². The second kappa shape index (κ2) is 9.08. The van der Waals surface area contributed by atoms with E-state index in [1.807, 2.05) is 43.3 Å². The van der Waals surface area contributed by atoms with E-state index in [-0.39, 0.29) is 6.03 Å². The predicted octanol–water partition coefficient (Wildman–Crippen LogP) is 4.12. The summed E-state index contributed by atoms with van der Waals surface area (Å²) in [6.45, 7) is 2.78. The summed E-state index contributed by atoms with van der Waals surface area (Å²) >= 11 is 0. The fourth-order valence-corrected chi connectivity index (χ4v) is 2.99. The van der Waals surface area contributed by atoms with Crippen LogP contribution in [0.2, 0.25) is 0 Å². The first-order valence-electron chi connectivity index (χ1n) is 9.13. The molecule has 0 bridgehead atoms. The molecule has 2 aromatic rings. The Labute approximate surface area is 153 Å². The number of hydrogen-bond donors (Lipinski definition) is 2. The molecule has 3 rings (SSSR count). The molecule has 2 N–H and O–H groups in total. The summed E-state index contributed by atoms with van der Waals surface area (Å²) in [5, 5.41) is 5.64. The number of nitrogens with one attached hydrogen (secondary N) is 2. The standard InChI is InChI=1S/C20H25N3O3/c1-2-25-19-15(6-5-13-21-19)14-22-20(24)23-16-9-11-18(12-10-16)26-17-7-3-4-8-17/h5-6,9-13,17H,2-4,7-8,14H2,1H3,(H2,22,23,24). The van der Waals surface area contributed by atoms with Crippen molar-refractivity contribution in [2.75, 3.05) is 11.9 Å². The van der Waals surface area contributed by atoms with Crippen LogP contribution in [0, 0.1) is 0 Å². The van der Waals surface area contributed by atoms with E-state index in [0.717, 1.165) is 29.8 Å². The van der Waals surface area contributed by atoms with Crippen molar-refractivity contribution in [1.82, 2.24) is 10.3 Å². The number of anilines is 1. The molecule has 0 aliphatic heterocycles. The molecule has 2 amide bonds. The molecule has 138 valence electrons. The minimum Gasteiger partial charge on any atom is -0.490 e. The number of pyridine rings is 1. The lowest BCUT2D eigenvalue weighted by atomic mass is 10.2. The lowest BCUT2D eigenvalue weighted by Gasteiger charge is -2.14. The molecule has 1 fully saturated rings. The SMILES string of the molecule is CCOc1ncccc1CNC(=O)Nc1ccc(OC2CCCC2)cc1. The van der Waals surface area contributed by atoms with Crippen LogP contribution in [0.1, 0.15) is 38.2 Å². The summed E-state index contributed by atoms with van der Waals surface area (Å²) in [5.74, 6) is 1.39. The summed E-state index contributed by atoms with van der Waals surface area (Å²) < 4.78 is 11.4. The van der Waals surface area contributed by atoms with Crippen molar-refractivity contribution in [2.45, 2.75) is 45.3 Å². The number of carbonyl (C=O) groups excluding carboxylic acids is 1. The van der Waals surface area contributed by atoms with Crippen molar-refractivity contribution in [1.29, 1.82) is 0 Å². The summed E-state index contributed by atoms with van der Waals surface area (Å²) in [6, 6.07) is 10.9. The fraction of sp³-hybridized carbons (Fsp3) is 0.400. The molecule has 1 aromatic carbocycles. The molecular weight excluding hydrogens is 330 g/mol. The molecule has 1 aliphatic rings. The van der Waals surface area contributed by atoms with E-state index in [4.69, 9.17) is 9.47 Å². The lowest BCUT2D eigenvalue weighted by molar-refractivity contribution is 0.210. The minimum absolute atomic E-state index is 0.277. The number of ether oxygens (including phenoxy) is 2. The van der Waals surface area contributed by atoms with E-state index in [1.54, 1.807) is 6.20 Å². The zero-order valence-corrected chi connectivity index (χ0v) is 15.0. The molecular formula is C20H25N3O3. The molecule has 0 saturated heterocycles. The molecule has 1 saturated carbocycles. The van der Waals surface area contributed by atoms with E-state index in [1.165, 1.54) is 12.8 Å². The van der Waals surface area contributed by atoms with Crippen LogP contribution < -0.4 is 20.1 Å². The van der Waals surface area contributed by atoms with Crippen molar-refractivity contribution < 1.29 is 14.3 Å². The Bertz CT molecular complexity index is 712. The normalized spacial score (nSPS) is 14.0. The third-order valence-corrected chi connectivity index (χ3v) is 4.29. The highest BCUT2D eigenvalue weighted by molar-refractivity contribution is 5.89. The van der Waals surface area contributed by atoms with Gasteiger partial charge in [-0.3, -0.25) is 0 Å². The van der Waals surface area contributed by atoms with Gasteiger partial charge in [-0.1, -0.05) is 6.07 Å². The van der Waals surface area contributed by atoms with Gasteiger partial charge in [0, 0.05) is 24.0 Å². The third-order valence-electron chi connectivity index (χ3n) is 4.29. The molecule has 1 aliphatic carbocycles. The fourth-order valence-electron chi connectivity index (χ4n) is 2.99. The smallest absolute Gasteiger partial charge is 0.319 e. The summed E-state index contributed by atoms with van der Waals surface area (Å²) in [5.41, 5.74) is 1.56.